The molecule has 0 bridgehead atoms. The second kappa shape index (κ2) is 5.23. The minimum Gasteiger partial charge on any atom is -0.270 e. The number of benzene rings is 1. The van der Waals surface area contributed by atoms with E-state index in [0.29, 0.717) is 6.07 Å². The second-order valence-electron chi connectivity index (χ2n) is 4.11. The van der Waals surface area contributed by atoms with Crippen molar-refractivity contribution in [2.24, 2.45) is 0 Å². The molecule has 1 saturated carbocycles. The van der Waals surface area contributed by atoms with Gasteiger partial charge in [-0.3, -0.25) is 9.63 Å². The van der Waals surface area contributed by atoms with E-state index < -0.39 is 17.5 Å². The molecule has 1 aromatic carbocycles. The maximum Gasteiger partial charge on any atom is 0.275 e. The van der Waals surface area contributed by atoms with Gasteiger partial charge in [0.05, 0.1) is 6.10 Å². The number of carbonyl (C=O) groups is 1. The monoisotopic (exact) mass is 241 g/mol. The van der Waals surface area contributed by atoms with E-state index in [1.54, 1.807) is 0 Å². The third kappa shape index (κ3) is 3.23. The molecule has 1 N–H and O–H groups in total. The lowest BCUT2D eigenvalue weighted by Gasteiger charge is -2.11. The van der Waals surface area contributed by atoms with E-state index in [9.17, 15) is 13.6 Å². The van der Waals surface area contributed by atoms with Crippen molar-refractivity contribution in [3.05, 3.63) is 35.4 Å². The van der Waals surface area contributed by atoms with Gasteiger partial charge in [0, 0.05) is 11.6 Å². The van der Waals surface area contributed by atoms with Crippen LogP contribution in [0.15, 0.2) is 18.2 Å². The molecule has 0 aliphatic heterocycles. The van der Waals surface area contributed by atoms with Crippen LogP contribution in [0.1, 0.15) is 36.0 Å². The number of carbonyl (C=O) groups excluding carboxylic acids is 1. The molecule has 0 atom stereocenters. The number of nitrogens with one attached hydrogen (secondary N) is 1. The number of halogens is 2. The Balaban J connectivity index is 1.94. The van der Waals surface area contributed by atoms with E-state index >= 15 is 0 Å². The molecule has 0 radical (unpaired) electrons. The number of hydrogen-bond donors (Lipinski definition) is 1. The summed E-state index contributed by atoms with van der Waals surface area (Å²) in [5.74, 6) is -2.19. The molecule has 1 aromatic rings. The number of amides is 1. The molecule has 92 valence electrons. The lowest BCUT2D eigenvalue weighted by Crippen LogP contribution is -2.28. The average Bonchev–Trinajstić information content (AvgIpc) is 2.77. The Kier molecular flexibility index (Phi) is 3.68. The fourth-order valence-corrected chi connectivity index (χ4v) is 1.89. The van der Waals surface area contributed by atoms with Crippen LogP contribution in [0.3, 0.4) is 0 Å². The summed E-state index contributed by atoms with van der Waals surface area (Å²) in [5.41, 5.74) is 2.14. The zero-order chi connectivity index (χ0) is 12.3. The third-order valence-electron chi connectivity index (χ3n) is 2.75. The predicted octanol–water partition coefficient (Wildman–Crippen LogP) is 2.57. The number of hydrogen-bond acceptors (Lipinski definition) is 2. The molecular weight excluding hydrogens is 228 g/mol. The van der Waals surface area contributed by atoms with Crippen molar-refractivity contribution in [1.29, 1.82) is 0 Å². The van der Waals surface area contributed by atoms with Gasteiger partial charge >= 0.3 is 0 Å². The summed E-state index contributed by atoms with van der Waals surface area (Å²) in [5, 5.41) is 0. The van der Waals surface area contributed by atoms with Gasteiger partial charge in [-0.1, -0.05) is 12.8 Å². The van der Waals surface area contributed by atoms with Gasteiger partial charge in [0.15, 0.2) is 0 Å². The normalized spacial score (nSPS) is 16.1. The molecule has 1 fully saturated rings. The lowest BCUT2D eigenvalue weighted by molar-refractivity contribution is -0.0125. The summed E-state index contributed by atoms with van der Waals surface area (Å²) in [4.78, 5) is 16.7. The standard InChI is InChI=1S/C12H13F2NO2/c13-9-5-8(6-10(14)7-9)12(16)15-17-11-3-1-2-4-11/h5-7,11H,1-4H2,(H,15,16). The van der Waals surface area contributed by atoms with Crippen LogP contribution in [0, 0.1) is 11.6 Å². The van der Waals surface area contributed by atoms with Crippen LogP contribution in [-0.2, 0) is 4.84 Å². The van der Waals surface area contributed by atoms with Crippen molar-refractivity contribution in [2.45, 2.75) is 31.8 Å². The van der Waals surface area contributed by atoms with E-state index in [2.05, 4.69) is 5.48 Å². The van der Waals surface area contributed by atoms with Gasteiger partial charge in [0.25, 0.3) is 5.91 Å². The van der Waals surface area contributed by atoms with Crippen molar-refractivity contribution >= 4 is 5.91 Å². The molecule has 1 aliphatic carbocycles. The highest BCUT2D eigenvalue weighted by atomic mass is 19.1. The van der Waals surface area contributed by atoms with Gasteiger partial charge in [-0.25, -0.2) is 14.3 Å². The van der Waals surface area contributed by atoms with Crippen LogP contribution in [-0.4, -0.2) is 12.0 Å². The third-order valence-corrected chi connectivity index (χ3v) is 2.75. The van der Waals surface area contributed by atoms with Gasteiger partial charge in [-0.05, 0) is 25.0 Å². The smallest absolute Gasteiger partial charge is 0.270 e. The minimum atomic E-state index is -0.781. The quantitative estimate of drug-likeness (QED) is 0.826. The highest BCUT2D eigenvalue weighted by molar-refractivity contribution is 5.93. The van der Waals surface area contributed by atoms with E-state index in [-0.39, 0.29) is 11.7 Å². The topological polar surface area (TPSA) is 38.3 Å². The first kappa shape index (κ1) is 12.0. The Hall–Kier alpha value is -1.49. The van der Waals surface area contributed by atoms with Gasteiger partial charge in [-0.2, -0.15) is 0 Å². The summed E-state index contributed by atoms with van der Waals surface area (Å²) in [6.07, 6.45) is 3.97. The van der Waals surface area contributed by atoms with E-state index in [1.807, 2.05) is 0 Å². The fraction of sp³-hybridized carbons (Fsp3) is 0.417. The molecule has 0 unspecified atom stereocenters. The number of hydroxylamine groups is 1. The van der Waals surface area contributed by atoms with Crippen LogP contribution in [0.4, 0.5) is 8.78 Å². The zero-order valence-electron chi connectivity index (χ0n) is 9.21. The Bertz CT molecular complexity index is 397. The molecule has 2 rings (SSSR count). The number of rotatable bonds is 3. The first-order valence-corrected chi connectivity index (χ1v) is 5.57. The van der Waals surface area contributed by atoms with Gasteiger partial charge < -0.3 is 0 Å². The second-order valence-corrected chi connectivity index (χ2v) is 4.11. The summed E-state index contributed by atoms with van der Waals surface area (Å²) in [7, 11) is 0. The SMILES string of the molecule is O=C(NOC1CCCC1)c1cc(F)cc(F)c1. The van der Waals surface area contributed by atoms with Crippen LogP contribution in [0.2, 0.25) is 0 Å². The van der Waals surface area contributed by atoms with E-state index in [4.69, 9.17) is 4.84 Å². The van der Waals surface area contributed by atoms with Crippen LogP contribution in [0.5, 0.6) is 0 Å². The Morgan fingerprint density at radius 2 is 1.76 bits per heavy atom. The van der Waals surface area contributed by atoms with E-state index in [1.165, 1.54) is 0 Å². The summed E-state index contributed by atoms with van der Waals surface area (Å²) >= 11 is 0. The van der Waals surface area contributed by atoms with Crippen molar-refractivity contribution in [3.8, 4) is 0 Å². The lowest BCUT2D eigenvalue weighted by atomic mass is 10.2. The molecule has 17 heavy (non-hydrogen) atoms. The molecule has 1 amide bonds. The van der Waals surface area contributed by atoms with Crippen molar-refractivity contribution in [2.75, 3.05) is 0 Å². The minimum absolute atomic E-state index is 0.0114. The van der Waals surface area contributed by atoms with Crippen molar-refractivity contribution < 1.29 is 18.4 Å². The first-order valence-electron chi connectivity index (χ1n) is 5.57. The summed E-state index contributed by atoms with van der Waals surface area (Å²) in [6, 6.07) is 2.65. The van der Waals surface area contributed by atoms with Crippen LogP contribution < -0.4 is 5.48 Å². The molecule has 0 saturated heterocycles. The maximum absolute atomic E-state index is 12.9. The van der Waals surface area contributed by atoms with Gasteiger partial charge in [0.2, 0.25) is 0 Å². The largest absolute Gasteiger partial charge is 0.275 e. The Morgan fingerprint density at radius 3 is 2.35 bits per heavy atom. The Morgan fingerprint density at radius 1 is 1.18 bits per heavy atom. The van der Waals surface area contributed by atoms with Gasteiger partial charge in [-0.15, -0.1) is 0 Å². The first-order chi connectivity index (χ1) is 8.15. The maximum atomic E-state index is 12.9. The van der Waals surface area contributed by atoms with Crippen LogP contribution >= 0.6 is 0 Å². The van der Waals surface area contributed by atoms with Gasteiger partial charge in [0.1, 0.15) is 11.6 Å². The average molecular weight is 241 g/mol. The molecule has 0 heterocycles. The highest BCUT2D eigenvalue weighted by Gasteiger charge is 2.17. The fourth-order valence-electron chi connectivity index (χ4n) is 1.89. The Labute approximate surface area is 97.7 Å². The summed E-state index contributed by atoms with van der Waals surface area (Å²) < 4.78 is 25.7. The zero-order valence-corrected chi connectivity index (χ0v) is 9.21. The van der Waals surface area contributed by atoms with E-state index in [0.717, 1.165) is 37.8 Å². The molecular formula is C12H13F2NO2. The van der Waals surface area contributed by atoms with Crippen molar-refractivity contribution in [1.82, 2.24) is 5.48 Å². The molecule has 0 spiro atoms. The summed E-state index contributed by atoms with van der Waals surface area (Å²) in [6.45, 7) is 0. The predicted molar refractivity (Wildman–Crippen MR) is 57.2 cm³/mol. The molecule has 3 nitrogen and oxygen atoms in total. The van der Waals surface area contributed by atoms with Crippen LogP contribution in [0.25, 0.3) is 0 Å². The molecule has 5 heteroatoms. The molecule has 1 aliphatic rings. The highest BCUT2D eigenvalue weighted by Crippen LogP contribution is 2.20. The molecule has 0 aromatic heterocycles. The van der Waals surface area contributed by atoms with Crippen molar-refractivity contribution in [3.63, 3.8) is 0 Å².